The van der Waals surface area contributed by atoms with E-state index < -0.39 is 0 Å². The van der Waals surface area contributed by atoms with Gasteiger partial charge in [-0.2, -0.15) is 5.10 Å². The average Bonchev–Trinajstić information content (AvgIpc) is 2.85. The van der Waals surface area contributed by atoms with Crippen molar-refractivity contribution >= 4 is 23.5 Å². The third kappa shape index (κ3) is 2.66. The van der Waals surface area contributed by atoms with Crippen molar-refractivity contribution in [3.05, 3.63) is 29.0 Å². The molecule has 1 aromatic heterocycles. The molecule has 2 N–H and O–H groups in total. The minimum Gasteiger partial charge on any atom is -0.493 e. The summed E-state index contributed by atoms with van der Waals surface area (Å²) in [6.07, 6.45) is 0. The predicted molar refractivity (Wildman–Crippen MR) is 92.4 cm³/mol. The molecule has 0 saturated carbocycles. The summed E-state index contributed by atoms with van der Waals surface area (Å²) in [5.41, 5.74) is 2.75. The van der Waals surface area contributed by atoms with E-state index in [1.54, 1.807) is 21.3 Å². The van der Waals surface area contributed by atoms with Crippen molar-refractivity contribution in [2.75, 3.05) is 32.4 Å². The van der Waals surface area contributed by atoms with Crippen molar-refractivity contribution in [3.63, 3.8) is 0 Å². The molecule has 0 spiro atoms. The van der Waals surface area contributed by atoms with Gasteiger partial charge in [0, 0.05) is 16.8 Å². The Morgan fingerprint density at radius 3 is 2.58 bits per heavy atom. The maximum absolute atomic E-state index is 11.9. The van der Waals surface area contributed by atoms with Gasteiger partial charge in [0.1, 0.15) is 0 Å². The van der Waals surface area contributed by atoms with E-state index in [-0.39, 0.29) is 11.2 Å². The van der Waals surface area contributed by atoms with Gasteiger partial charge in [-0.15, -0.1) is 11.8 Å². The number of hydrogen-bond donors (Lipinski definition) is 2. The molecule has 0 radical (unpaired) electrons. The predicted octanol–water partition coefficient (Wildman–Crippen LogP) is 2.52. The van der Waals surface area contributed by atoms with E-state index in [4.69, 9.17) is 14.2 Å². The molecule has 24 heavy (non-hydrogen) atoms. The number of ether oxygens (including phenoxy) is 3. The lowest BCUT2D eigenvalue weighted by Crippen LogP contribution is -2.12. The number of anilines is 1. The van der Waals surface area contributed by atoms with Crippen molar-refractivity contribution in [1.82, 2.24) is 10.2 Å². The van der Waals surface area contributed by atoms with Crippen LogP contribution in [0.4, 0.5) is 5.82 Å². The molecule has 1 aliphatic heterocycles. The second-order valence-electron chi connectivity index (χ2n) is 5.27. The Bertz CT molecular complexity index is 775. The van der Waals surface area contributed by atoms with Crippen LogP contribution in [0, 0.1) is 6.92 Å². The number of nitrogens with zero attached hydrogens (tertiary/aromatic N) is 1. The number of carbonyl (C=O) groups excluding carboxylic acids is 1. The van der Waals surface area contributed by atoms with E-state index in [0.717, 1.165) is 16.8 Å². The molecule has 8 heteroatoms. The number of thioether (sulfide) groups is 1. The van der Waals surface area contributed by atoms with Crippen LogP contribution < -0.4 is 19.5 Å². The molecule has 1 aliphatic rings. The van der Waals surface area contributed by atoms with Gasteiger partial charge in [0.15, 0.2) is 17.3 Å². The molecule has 2 heterocycles. The third-order valence-corrected chi connectivity index (χ3v) is 5.16. The van der Waals surface area contributed by atoms with Gasteiger partial charge in [-0.05, 0) is 19.1 Å². The molecule has 1 amide bonds. The van der Waals surface area contributed by atoms with Gasteiger partial charge in [0.05, 0.1) is 32.3 Å². The topological polar surface area (TPSA) is 85.5 Å². The molecule has 1 atom stereocenters. The van der Waals surface area contributed by atoms with Gasteiger partial charge >= 0.3 is 0 Å². The number of carbonyl (C=O) groups is 1. The van der Waals surface area contributed by atoms with Gasteiger partial charge in [-0.3, -0.25) is 9.89 Å². The molecule has 0 fully saturated rings. The number of aromatic amines is 1. The number of fused-ring (bicyclic) bond motifs is 1. The first-order valence-electron chi connectivity index (χ1n) is 7.35. The number of hydrogen-bond acceptors (Lipinski definition) is 6. The first-order chi connectivity index (χ1) is 11.6. The molecule has 1 aromatic carbocycles. The fourth-order valence-electron chi connectivity index (χ4n) is 2.84. The van der Waals surface area contributed by atoms with Crippen LogP contribution in [0.2, 0.25) is 0 Å². The van der Waals surface area contributed by atoms with Crippen LogP contribution in [-0.4, -0.2) is 43.2 Å². The zero-order chi connectivity index (χ0) is 17.3. The normalized spacial score (nSPS) is 16.8. The molecule has 0 unspecified atom stereocenters. The van der Waals surface area contributed by atoms with Crippen LogP contribution in [-0.2, 0) is 4.79 Å². The molecule has 3 rings (SSSR count). The van der Waals surface area contributed by atoms with Crippen molar-refractivity contribution in [1.29, 1.82) is 0 Å². The minimum atomic E-state index is -0.118. The number of amides is 1. The molecule has 2 aromatic rings. The van der Waals surface area contributed by atoms with Crippen LogP contribution in [0.15, 0.2) is 12.1 Å². The van der Waals surface area contributed by atoms with Gasteiger partial charge in [-0.25, -0.2) is 0 Å². The second kappa shape index (κ2) is 6.64. The number of aromatic nitrogens is 2. The average molecular weight is 349 g/mol. The van der Waals surface area contributed by atoms with Gasteiger partial charge in [-0.1, -0.05) is 0 Å². The van der Waals surface area contributed by atoms with Gasteiger partial charge in [0.25, 0.3) is 0 Å². The summed E-state index contributed by atoms with van der Waals surface area (Å²) in [5.74, 6) is 2.53. The lowest BCUT2D eigenvalue weighted by Gasteiger charge is -2.21. The number of rotatable bonds is 4. The van der Waals surface area contributed by atoms with Crippen LogP contribution in [0.1, 0.15) is 22.1 Å². The lowest BCUT2D eigenvalue weighted by molar-refractivity contribution is -0.113. The fraction of sp³-hybridized carbons (Fsp3) is 0.375. The fourth-order valence-corrected chi connectivity index (χ4v) is 4.05. The summed E-state index contributed by atoms with van der Waals surface area (Å²) in [6, 6.07) is 3.77. The van der Waals surface area contributed by atoms with E-state index in [2.05, 4.69) is 15.5 Å². The number of H-pyrrole nitrogens is 1. The smallest absolute Gasteiger partial charge is 0.235 e. The largest absolute Gasteiger partial charge is 0.493 e. The SMILES string of the molecule is COc1ccc([C@@H]2SCC(=O)Nc3n[nH]c(C)c32)c(OC)c1OC. The highest BCUT2D eigenvalue weighted by atomic mass is 32.2. The van der Waals surface area contributed by atoms with Crippen LogP contribution in [0.3, 0.4) is 0 Å². The van der Waals surface area contributed by atoms with E-state index in [1.807, 2.05) is 19.1 Å². The Kier molecular flexibility index (Phi) is 4.57. The zero-order valence-electron chi connectivity index (χ0n) is 13.9. The number of nitrogens with one attached hydrogen (secondary N) is 2. The number of benzene rings is 1. The van der Waals surface area contributed by atoms with Crippen molar-refractivity contribution in [2.45, 2.75) is 12.2 Å². The van der Waals surface area contributed by atoms with Crippen molar-refractivity contribution in [3.8, 4) is 17.2 Å². The zero-order valence-corrected chi connectivity index (χ0v) is 14.7. The maximum atomic E-state index is 11.9. The van der Waals surface area contributed by atoms with Crippen LogP contribution >= 0.6 is 11.8 Å². The van der Waals surface area contributed by atoms with Crippen molar-refractivity contribution < 1.29 is 19.0 Å². The van der Waals surface area contributed by atoms with E-state index in [9.17, 15) is 4.79 Å². The monoisotopic (exact) mass is 349 g/mol. The van der Waals surface area contributed by atoms with E-state index >= 15 is 0 Å². The first kappa shape index (κ1) is 16.5. The Morgan fingerprint density at radius 1 is 1.17 bits per heavy atom. The molecule has 0 aliphatic carbocycles. The molecule has 128 valence electrons. The number of methoxy groups -OCH3 is 3. The van der Waals surface area contributed by atoms with Gasteiger partial charge in [0.2, 0.25) is 11.7 Å². The molecule has 7 nitrogen and oxygen atoms in total. The van der Waals surface area contributed by atoms with Crippen LogP contribution in [0.25, 0.3) is 0 Å². The summed E-state index contributed by atoms with van der Waals surface area (Å²) in [6.45, 7) is 1.93. The number of aryl methyl sites for hydroxylation is 1. The van der Waals surface area contributed by atoms with Crippen LogP contribution in [0.5, 0.6) is 17.2 Å². The quantitative estimate of drug-likeness (QED) is 0.882. The summed E-state index contributed by atoms with van der Waals surface area (Å²) in [4.78, 5) is 11.9. The Hall–Kier alpha value is -2.35. The molecular formula is C16H19N3O4S. The Morgan fingerprint density at radius 2 is 1.92 bits per heavy atom. The molecule has 0 saturated heterocycles. The maximum Gasteiger partial charge on any atom is 0.235 e. The highest BCUT2D eigenvalue weighted by molar-refractivity contribution is 8.00. The second-order valence-corrected chi connectivity index (χ2v) is 6.37. The molecular weight excluding hydrogens is 330 g/mol. The highest BCUT2D eigenvalue weighted by Crippen LogP contribution is 2.50. The summed E-state index contributed by atoms with van der Waals surface area (Å²) < 4.78 is 16.4. The summed E-state index contributed by atoms with van der Waals surface area (Å²) >= 11 is 1.52. The third-order valence-electron chi connectivity index (χ3n) is 3.91. The Balaban J connectivity index is 2.18. The summed E-state index contributed by atoms with van der Waals surface area (Å²) in [5, 5.41) is 9.86. The highest BCUT2D eigenvalue weighted by Gasteiger charge is 2.31. The van der Waals surface area contributed by atoms with Gasteiger partial charge < -0.3 is 19.5 Å². The molecule has 0 bridgehead atoms. The Labute approximate surface area is 144 Å². The summed E-state index contributed by atoms with van der Waals surface area (Å²) in [7, 11) is 4.75. The van der Waals surface area contributed by atoms with Crippen molar-refractivity contribution in [2.24, 2.45) is 0 Å². The van der Waals surface area contributed by atoms with E-state index in [1.165, 1.54) is 11.8 Å². The first-order valence-corrected chi connectivity index (χ1v) is 8.40. The standard InChI is InChI=1S/C16H19N3O4S/c1-8-12-15(24-7-11(20)17-16(12)19-18-8)9-5-6-10(21-2)14(23-4)13(9)22-3/h5-6,15H,7H2,1-4H3,(H2,17,18,19,20)/t15-/m0/s1. The van der Waals surface area contributed by atoms with E-state index in [0.29, 0.717) is 28.8 Å². The minimum absolute atomic E-state index is 0.0744. The lowest BCUT2D eigenvalue weighted by atomic mass is 10.0.